The van der Waals surface area contributed by atoms with Crippen LogP contribution in [0, 0.1) is 11.6 Å². The van der Waals surface area contributed by atoms with Crippen molar-refractivity contribution in [2.24, 2.45) is 0 Å². The Hall–Kier alpha value is -4.42. The van der Waals surface area contributed by atoms with Crippen molar-refractivity contribution in [1.29, 1.82) is 0 Å². The van der Waals surface area contributed by atoms with Gasteiger partial charge in [0.2, 0.25) is 5.91 Å². The smallest absolute Gasteiger partial charge is 0.271 e. The van der Waals surface area contributed by atoms with Crippen LogP contribution >= 0.6 is 0 Å². The quantitative estimate of drug-likeness (QED) is 0.280. The van der Waals surface area contributed by atoms with Crippen LogP contribution in [-0.4, -0.2) is 77.5 Å². The van der Waals surface area contributed by atoms with E-state index in [9.17, 15) is 23.2 Å². The molecule has 0 unspecified atom stereocenters. The molecule has 0 bridgehead atoms. The second kappa shape index (κ2) is 13.8. The number of hydrogen-bond donors (Lipinski definition) is 4. The summed E-state index contributed by atoms with van der Waals surface area (Å²) in [5.74, 6) is -3.69. The highest BCUT2D eigenvalue weighted by atomic mass is 19.1. The van der Waals surface area contributed by atoms with Gasteiger partial charge in [-0.2, -0.15) is 5.10 Å². The first-order valence-corrected chi connectivity index (χ1v) is 13.2. The van der Waals surface area contributed by atoms with Gasteiger partial charge in [-0.1, -0.05) is 24.3 Å². The Balaban J connectivity index is 1.26. The van der Waals surface area contributed by atoms with Crippen LogP contribution in [0.4, 0.5) is 20.2 Å². The summed E-state index contributed by atoms with van der Waals surface area (Å²) in [5.41, 5.74) is 1.06. The van der Waals surface area contributed by atoms with Gasteiger partial charge in [-0.05, 0) is 56.8 Å². The summed E-state index contributed by atoms with van der Waals surface area (Å²) in [6.45, 7) is 2.87. The zero-order valence-electron chi connectivity index (χ0n) is 22.9. The van der Waals surface area contributed by atoms with Crippen LogP contribution in [0.3, 0.4) is 0 Å². The second-order valence-corrected chi connectivity index (χ2v) is 10.1. The van der Waals surface area contributed by atoms with Gasteiger partial charge in [0.1, 0.15) is 22.9 Å². The Bertz CT molecular complexity index is 1390. The molecule has 10 nitrogen and oxygen atoms in total. The first-order chi connectivity index (χ1) is 19.7. The zero-order valence-corrected chi connectivity index (χ0v) is 22.9. The Labute approximate surface area is 236 Å². The summed E-state index contributed by atoms with van der Waals surface area (Å²) in [6, 6.07) is 10.7. The van der Waals surface area contributed by atoms with E-state index in [4.69, 9.17) is 0 Å². The monoisotopic (exact) mass is 565 g/mol. The highest BCUT2D eigenvalue weighted by Gasteiger charge is 2.25. The summed E-state index contributed by atoms with van der Waals surface area (Å²) in [6.07, 6.45) is 5.95. The van der Waals surface area contributed by atoms with Crippen molar-refractivity contribution in [3.05, 3.63) is 89.3 Å². The van der Waals surface area contributed by atoms with Gasteiger partial charge in [0.15, 0.2) is 0 Å². The molecule has 1 fully saturated rings. The number of rotatable bonds is 10. The topological polar surface area (TPSA) is 122 Å². The summed E-state index contributed by atoms with van der Waals surface area (Å²) in [7, 11) is 3.86. The third-order valence-electron chi connectivity index (χ3n) is 6.57. The third kappa shape index (κ3) is 8.29. The van der Waals surface area contributed by atoms with Gasteiger partial charge >= 0.3 is 0 Å². The predicted molar refractivity (Wildman–Crippen MR) is 151 cm³/mol. The second-order valence-electron chi connectivity index (χ2n) is 10.1. The van der Waals surface area contributed by atoms with Crippen LogP contribution in [0.5, 0.6) is 0 Å². The number of likely N-dealkylation sites (tertiary alicyclic amines) is 1. The lowest BCUT2D eigenvalue weighted by Gasteiger charge is -2.32. The molecular formula is C29H33F2N7O3. The first kappa shape index (κ1) is 29.6. The normalized spacial score (nSPS) is 14.4. The molecule has 0 spiro atoms. The summed E-state index contributed by atoms with van der Waals surface area (Å²) >= 11 is 0. The molecule has 0 aliphatic carbocycles. The van der Waals surface area contributed by atoms with E-state index < -0.39 is 29.0 Å². The first-order valence-electron chi connectivity index (χ1n) is 13.2. The number of aromatic nitrogens is 2. The largest absolute Gasteiger partial charge is 0.348 e. The van der Waals surface area contributed by atoms with E-state index in [1.54, 1.807) is 6.08 Å². The highest BCUT2D eigenvalue weighted by molar-refractivity contribution is 6.08. The molecule has 3 aromatic rings. The van der Waals surface area contributed by atoms with Gasteiger partial charge in [0.25, 0.3) is 11.8 Å². The number of carbonyl (C=O) groups is 3. The Morgan fingerprint density at radius 2 is 1.76 bits per heavy atom. The fraction of sp³-hybridized carbons (Fsp3) is 0.310. The Kier molecular flexibility index (Phi) is 9.93. The van der Waals surface area contributed by atoms with Crippen molar-refractivity contribution in [2.45, 2.75) is 25.4 Å². The summed E-state index contributed by atoms with van der Waals surface area (Å²) < 4.78 is 27.9. The highest BCUT2D eigenvalue weighted by Crippen LogP contribution is 2.20. The van der Waals surface area contributed by atoms with E-state index in [2.05, 4.69) is 31.0 Å². The van der Waals surface area contributed by atoms with Gasteiger partial charge in [-0.3, -0.25) is 24.4 Å². The number of piperidine rings is 1. The van der Waals surface area contributed by atoms with Gasteiger partial charge < -0.3 is 20.9 Å². The third-order valence-corrected chi connectivity index (χ3v) is 6.57. The van der Waals surface area contributed by atoms with Crippen molar-refractivity contribution < 1.29 is 23.2 Å². The number of aromatic amines is 1. The SMILES string of the molecule is CN(C)CC=CC(=O)Nc1cccc(CN2CCC(NC(=O)c3[nH]ncc3NC(=O)c3c(F)cccc3F)CC2)c1. The molecule has 3 amide bonds. The molecule has 12 heteroatoms. The van der Waals surface area contributed by atoms with Crippen LogP contribution in [0.2, 0.25) is 0 Å². The van der Waals surface area contributed by atoms with Crippen molar-refractivity contribution in [3.8, 4) is 0 Å². The maximum Gasteiger partial charge on any atom is 0.271 e. The van der Waals surface area contributed by atoms with E-state index in [1.807, 2.05) is 43.3 Å². The standard InChI is InChI=1S/C29H33F2N7O3/c1-37(2)13-5-10-25(39)33-21-7-3-6-19(16-21)18-38-14-11-20(12-15-38)34-29(41)27-24(17-32-36-27)35-28(40)26-22(30)8-4-9-23(26)31/h3-10,16-17,20H,11-15,18H2,1-2H3,(H,32,36)(H,33,39)(H,34,41)(H,35,40). The minimum Gasteiger partial charge on any atom is -0.348 e. The van der Waals surface area contributed by atoms with Crippen molar-refractivity contribution >= 4 is 29.1 Å². The molecule has 4 rings (SSSR count). The number of amides is 3. The van der Waals surface area contributed by atoms with Gasteiger partial charge in [0, 0.05) is 44.0 Å². The van der Waals surface area contributed by atoms with Crippen LogP contribution in [0.15, 0.2) is 60.8 Å². The van der Waals surface area contributed by atoms with Crippen molar-refractivity contribution in [2.75, 3.05) is 44.4 Å². The number of anilines is 2. The number of nitrogens with zero attached hydrogens (tertiary/aromatic N) is 3. The molecular weight excluding hydrogens is 532 g/mol. The molecule has 1 aliphatic heterocycles. The number of halogens is 2. The average Bonchev–Trinajstić information content (AvgIpc) is 3.38. The van der Waals surface area contributed by atoms with Crippen LogP contribution in [0.25, 0.3) is 0 Å². The van der Waals surface area contributed by atoms with Crippen molar-refractivity contribution in [3.63, 3.8) is 0 Å². The van der Waals surface area contributed by atoms with E-state index in [0.29, 0.717) is 25.9 Å². The molecule has 2 heterocycles. The van der Waals surface area contributed by atoms with E-state index >= 15 is 0 Å². The molecule has 1 aliphatic rings. The van der Waals surface area contributed by atoms with Crippen LogP contribution < -0.4 is 16.0 Å². The zero-order chi connectivity index (χ0) is 29.4. The van der Waals surface area contributed by atoms with Gasteiger partial charge in [0.05, 0.1) is 11.9 Å². The molecule has 2 aromatic carbocycles. The molecule has 216 valence electrons. The molecule has 1 aromatic heterocycles. The maximum atomic E-state index is 14.0. The molecule has 4 N–H and O–H groups in total. The van der Waals surface area contributed by atoms with Crippen molar-refractivity contribution in [1.82, 2.24) is 25.3 Å². The number of carbonyl (C=O) groups excluding carboxylic acids is 3. The number of hydrogen-bond acceptors (Lipinski definition) is 6. The predicted octanol–water partition coefficient (Wildman–Crippen LogP) is 3.39. The lowest BCUT2D eigenvalue weighted by molar-refractivity contribution is -0.111. The van der Waals surface area contributed by atoms with Crippen LogP contribution in [-0.2, 0) is 11.3 Å². The van der Waals surface area contributed by atoms with E-state index in [1.165, 1.54) is 12.3 Å². The van der Waals surface area contributed by atoms with E-state index in [0.717, 1.165) is 42.5 Å². The summed E-state index contributed by atoms with van der Waals surface area (Å²) in [4.78, 5) is 41.7. The Morgan fingerprint density at radius 3 is 2.46 bits per heavy atom. The molecule has 0 radical (unpaired) electrons. The minimum absolute atomic E-state index is 0.00653. The van der Waals surface area contributed by atoms with Gasteiger partial charge in [-0.25, -0.2) is 8.78 Å². The molecule has 1 saturated heterocycles. The number of likely N-dealkylation sites (N-methyl/N-ethyl adjacent to an activating group) is 1. The molecule has 41 heavy (non-hydrogen) atoms. The lowest BCUT2D eigenvalue weighted by Crippen LogP contribution is -2.44. The number of H-pyrrole nitrogens is 1. The number of nitrogens with one attached hydrogen (secondary N) is 4. The molecule has 0 atom stereocenters. The Morgan fingerprint density at radius 1 is 1.05 bits per heavy atom. The van der Waals surface area contributed by atoms with Crippen LogP contribution in [0.1, 0.15) is 39.3 Å². The van der Waals surface area contributed by atoms with E-state index in [-0.39, 0.29) is 23.3 Å². The summed E-state index contributed by atoms with van der Waals surface area (Å²) in [5, 5.41) is 14.5. The minimum atomic E-state index is -1.02. The average molecular weight is 566 g/mol. The molecule has 0 saturated carbocycles. The number of benzene rings is 2. The maximum absolute atomic E-state index is 14.0. The van der Waals surface area contributed by atoms with Gasteiger partial charge in [-0.15, -0.1) is 0 Å². The fourth-order valence-electron chi connectivity index (χ4n) is 4.51. The fourth-order valence-corrected chi connectivity index (χ4v) is 4.51. The lowest BCUT2D eigenvalue weighted by atomic mass is 10.0.